The van der Waals surface area contributed by atoms with Crippen LogP contribution in [0.5, 0.6) is 0 Å². The van der Waals surface area contributed by atoms with Crippen LogP contribution in [0.25, 0.3) is 0 Å². The second kappa shape index (κ2) is 12.1. The van der Waals surface area contributed by atoms with Crippen LogP contribution >= 0.6 is 0 Å². The molecule has 9 nitrogen and oxygen atoms in total. The number of ketones is 1. The van der Waals surface area contributed by atoms with Gasteiger partial charge in [-0.05, 0) is 87.4 Å². The lowest BCUT2D eigenvalue weighted by Crippen LogP contribution is -2.64. The highest BCUT2D eigenvalue weighted by atomic mass is 16.7. The number of hydrogen-bond acceptors (Lipinski definition) is 9. The minimum absolute atomic E-state index is 0.00387. The maximum absolute atomic E-state index is 14.6. The maximum atomic E-state index is 14.6. The Balaban J connectivity index is 1.40. The fourth-order valence-electron chi connectivity index (χ4n) is 10.8. The van der Waals surface area contributed by atoms with Crippen molar-refractivity contribution in [2.45, 2.75) is 142 Å². The number of ether oxygens (including phenoxy) is 2. The van der Waals surface area contributed by atoms with Crippen LogP contribution in [-0.2, 0) is 14.3 Å². The second-order valence-electron chi connectivity index (χ2n) is 16.5. The second-order valence-corrected chi connectivity index (χ2v) is 16.5. The summed E-state index contributed by atoms with van der Waals surface area (Å²) in [7, 11) is 0. The number of rotatable bonds is 8. The third kappa shape index (κ3) is 5.32. The van der Waals surface area contributed by atoms with Crippen LogP contribution in [-0.4, -0.2) is 92.0 Å². The topological polar surface area (TPSA) is 157 Å². The molecule has 9 heteroatoms. The van der Waals surface area contributed by atoms with E-state index in [0.29, 0.717) is 25.7 Å². The van der Waals surface area contributed by atoms with Crippen molar-refractivity contribution in [2.75, 3.05) is 13.2 Å². The molecular weight excluding hydrogens is 576 g/mol. The number of hydrogen-bond donors (Lipinski definition) is 6. The first-order valence-corrected chi connectivity index (χ1v) is 17.1. The highest BCUT2D eigenvalue weighted by Gasteiger charge is 2.71. The first kappa shape index (κ1) is 35.1. The lowest BCUT2D eigenvalue weighted by molar-refractivity contribution is -0.319. The van der Waals surface area contributed by atoms with E-state index in [1.54, 1.807) is 0 Å². The summed E-state index contributed by atoms with van der Waals surface area (Å²) in [5.74, 6) is 0.462. The zero-order valence-corrected chi connectivity index (χ0v) is 28.3. The minimum Gasteiger partial charge on any atom is -0.394 e. The Hall–Kier alpha value is -1.17. The van der Waals surface area contributed by atoms with Crippen molar-refractivity contribution in [3.05, 3.63) is 23.3 Å². The standard InChI is InChI=1S/C36H58O9/c1-20(18-37)9-8-15-35(6,43)24-14-16-33(4)25-12-10-21-22(36(25,7)26(39)17-34(24,33)5)11-13-27(32(21,2)3)45-31-30(42)29(41)28(40)23(19-38)44-31/h9-10,22-25,27-31,37-38,40-43H,8,11-19H2,1-7H3/b20-9-/t22-,23-,24+,25+,27+,28-,29+,30-,31+,33+,34-,35+,36+/m1/s1. The average molecular weight is 635 g/mol. The Bertz CT molecular complexity index is 1190. The molecule has 4 aliphatic carbocycles. The number of aliphatic hydroxyl groups excluding tert-OH is 5. The minimum atomic E-state index is -1.50. The molecule has 1 saturated heterocycles. The van der Waals surface area contributed by atoms with Gasteiger partial charge in [0.1, 0.15) is 30.2 Å². The monoisotopic (exact) mass is 634 g/mol. The molecule has 0 bridgehead atoms. The largest absolute Gasteiger partial charge is 0.394 e. The lowest BCUT2D eigenvalue weighted by Gasteiger charge is -2.65. The van der Waals surface area contributed by atoms with E-state index in [2.05, 4.69) is 40.7 Å². The van der Waals surface area contributed by atoms with Crippen molar-refractivity contribution < 1.29 is 44.9 Å². The summed E-state index contributed by atoms with van der Waals surface area (Å²) in [6, 6.07) is 0. The van der Waals surface area contributed by atoms with Gasteiger partial charge in [0.25, 0.3) is 0 Å². The van der Waals surface area contributed by atoms with Crippen LogP contribution in [0.1, 0.15) is 99.8 Å². The number of Topliss-reactive ketones (excluding diaryl/α,β-unsaturated/α-hetero) is 1. The number of fused-ring (bicyclic) bond motifs is 5. The highest BCUT2D eigenvalue weighted by molar-refractivity contribution is 5.88. The van der Waals surface area contributed by atoms with Crippen LogP contribution in [0.2, 0.25) is 0 Å². The van der Waals surface area contributed by atoms with Crippen molar-refractivity contribution >= 4 is 5.78 Å². The molecule has 1 aliphatic heterocycles. The third-order valence-electron chi connectivity index (χ3n) is 13.9. The lowest BCUT2D eigenvalue weighted by atomic mass is 9.38. The molecule has 0 unspecified atom stereocenters. The summed E-state index contributed by atoms with van der Waals surface area (Å²) in [6.45, 7) is 14.4. The molecule has 0 aromatic carbocycles. The smallest absolute Gasteiger partial charge is 0.187 e. The predicted molar refractivity (Wildman–Crippen MR) is 169 cm³/mol. The number of aliphatic hydroxyl groups is 6. The van der Waals surface area contributed by atoms with Gasteiger partial charge in [-0.2, -0.15) is 0 Å². The molecule has 256 valence electrons. The fourth-order valence-corrected chi connectivity index (χ4v) is 10.8. The molecular formula is C36H58O9. The molecule has 5 aliphatic rings. The van der Waals surface area contributed by atoms with E-state index < -0.39 is 53.7 Å². The predicted octanol–water partition coefficient (Wildman–Crippen LogP) is 3.43. The van der Waals surface area contributed by atoms with Gasteiger partial charge in [-0.15, -0.1) is 0 Å². The van der Waals surface area contributed by atoms with Gasteiger partial charge in [0.05, 0.1) is 24.9 Å². The fraction of sp³-hybridized carbons (Fsp3) is 0.861. The molecule has 0 radical (unpaired) electrons. The van der Waals surface area contributed by atoms with Crippen molar-refractivity contribution in [3.8, 4) is 0 Å². The Labute approximate surface area is 268 Å². The maximum Gasteiger partial charge on any atom is 0.187 e. The summed E-state index contributed by atoms with van der Waals surface area (Å²) in [5.41, 5.74) is -0.335. The van der Waals surface area contributed by atoms with E-state index in [1.807, 2.05) is 19.9 Å². The van der Waals surface area contributed by atoms with Gasteiger partial charge in [-0.1, -0.05) is 57.9 Å². The van der Waals surface area contributed by atoms with Crippen LogP contribution in [0.3, 0.4) is 0 Å². The molecule has 0 aromatic rings. The Morgan fingerprint density at radius 1 is 1.04 bits per heavy atom. The van der Waals surface area contributed by atoms with Gasteiger partial charge < -0.3 is 40.1 Å². The third-order valence-corrected chi connectivity index (χ3v) is 13.9. The molecule has 0 spiro atoms. The summed E-state index contributed by atoms with van der Waals surface area (Å²) >= 11 is 0. The van der Waals surface area contributed by atoms with Gasteiger partial charge in [0.15, 0.2) is 6.29 Å². The molecule has 1 heterocycles. The van der Waals surface area contributed by atoms with Crippen LogP contribution < -0.4 is 0 Å². The summed E-state index contributed by atoms with van der Waals surface area (Å²) in [4.78, 5) is 14.6. The SMILES string of the molecule is C/C(=C/CC[C@](C)(O)[C@H]1CC[C@@]2(C)[C@@H]3CC=C4[C@@H](CC[C@H](O[C@@H]5O[C@H](CO)[C@@H](O)[C@H](O)[C@H]5O)C4(C)C)[C@]3(C)C(=O)C[C@]12C)CO. The van der Waals surface area contributed by atoms with Crippen molar-refractivity contribution in [2.24, 2.45) is 39.4 Å². The first-order valence-electron chi connectivity index (χ1n) is 17.1. The zero-order valence-electron chi connectivity index (χ0n) is 28.3. The van der Waals surface area contributed by atoms with E-state index >= 15 is 0 Å². The first-order chi connectivity index (χ1) is 20.9. The van der Waals surface area contributed by atoms with Gasteiger partial charge in [-0.25, -0.2) is 0 Å². The zero-order chi connectivity index (χ0) is 33.3. The molecule has 4 fully saturated rings. The number of allylic oxidation sites excluding steroid dienone is 2. The Morgan fingerprint density at radius 3 is 2.38 bits per heavy atom. The van der Waals surface area contributed by atoms with Crippen molar-refractivity contribution in [3.63, 3.8) is 0 Å². The van der Waals surface area contributed by atoms with Crippen molar-refractivity contribution in [1.82, 2.24) is 0 Å². The number of carbonyl (C=O) groups excluding carboxylic acids is 1. The molecule has 13 atom stereocenters. The molecule has 5 rings (SSSR count). The van der Waals surface area contributed by atoms with Gasteiger partial charge in [-0.3, -0.25) is 4.79 Å². The summed E-state index contributed by atoms with van der Waals surface area (Å²) in [6.07, 6.45) is 3.03. The van der Waals surface area contributed by atoms with Gasteiger partial charge >= 0.3 is 0 Å². The van der Waals surface area contributed by atoms with E-state index in [4.69, 9.17) is 9.47 Å². The summed E-state index contributed by atoms with van der Waals surface area (Å²) in [5, 5.41) is 62.1. The van der Waals surface area contributed by atoms with Crippen LogP contribution in [0.4, 0.5) is 0 Å². The van der Waals surface area contributed by atoms with Gasteiger partial charge in [0.2, 0.25) is 0 Å². The molecule has 3 saturated carbocycles. The van der Waals surface area contributed by atoms with Crippen LogP contribution in [0, 0.1) is 39.4 Å². The molecule has 0 aromatic heterocycles. The molecule has 0 amide bonds. The van der Waals surface area contributed by atoms with E-state index in [9.17, 15) is 35.4 Å². The average Bonchev–Trinajstić information content (AvgIpc) is 3.25. The summed E-state index contributed by atoms with van der Waals surface area (Å²) < 4.78 is 12.0. The molecule has 45 heavy (non-hydrogen) atoms. The van der Waals surface area contributed by atoms with Crippen molar-refractivity contribution in [1.29, 1.82) is 0 Å². The van der Waals surface area contributed by atoms with E-state index in [1.165, 1.54) is 5.57 Å². The quantitative estimate of drug-likeness (QED) is 0.220. The van der Waals surface area contributed by atoms with E-state index in [0.717, 1.165) is 31.3 Å². The van der Waals surface area contributed by atoms with E-state index in [-0.39, 0.29) is 47.1 Å². The Kier molecular flexibility index (Phi) is 9.42. The Morgan fingerprint density at radius 2 is 1.73 bits per heavy atom. The van der Waals surface area contributed by atoms with Crippen LogP contribution in [0.15, 0.2) is 23.3 Å². The normalized spacial score (nSPS) is 47.8. The number of carbonyl (C=O) groups is 1. The van der Waals surface area contributed by atoms with Gasteiger partial charge in [0, 0.05) is 17.3 Å². The highest BCUT2D eigenvalue weighted by Crippen LogP contribution is 2.74. The molecule has 6 N–H and O–H groups in total.